The molecule has 0 radical (unpaired) electrons. The molecule has 1 aromatic carbocycles. The molecule has 1 saturated heterocycles. The van der Waals surface area contributed by atoms with E-state index in [1.54, 1.807) is 0 Å². The van der Waals surface area contributed by atoms with Crippen molar-refractivity contribution in [2.45, 2.75) is 25.9 Å². The summed E-state index contributed by atoms with van der Waals surface area (Å²) in [6.07, 6.45) is 1.17. The Morgan fingerprint density at radius 2 is 2.00 bits per heavy atom. The highest BCUT2D eigenvalue weighted by Crippen LogP contribution is 2.30. The van der Waals surface area contributed by atoms with Gasteiger partial charge in [-0.15, -0.1) is 0 Å². The second-order valence-corrected chi connectivity index (χ2v) is 5.41. The molecule has 1 aromatic heterocycles. The second kappa shape index (κ2) is 5.63. The molecule has 20 heavy (non-hydrogen) atoms. The third kappa shape index (κ3) is 2.54. The molecular formula is C17H20N2O. The van der Waals surface area contributed by atoms with Crippen molar-refractivity contribution in [2.24, 2.45) is 0 Å². The van der Waals surface area contributed by atoms with E-state index in [1.165, 1.54) is 12.0 Å². The summed E-state index contributed by atoms with van der Waals surface area (Å²) in [6, 6.07) is 14.7. The molecule has 1 aliphatic rings. The van der Waals surface area contributed by atoms with Crippen molar-refractivity contribution >= 4 is 5.82 Å². The summed E-state index contributed by atoms with van der Waals surface area (Å²) in [6.45, 7) is 4.09. The van der Waals surface area contributed by atoms with Crippen molar-refractivity contribution in [3.8, 4) is 0 Å². The SMILES string of the molecule is Cc1nc(N2CCC(c3ccccc3)C2)ccc1CO. The number of aromatic nitrogens is 1. The standard InChI is InChI=1S/C17H20N2O/c1-13-16(12-20)7-8-17(18-13)19-10-9-15(11-19)14-5-3-2-4-6-14/h2-8,15,20H,9-12H2,1H3. The van der Waals surface area contributed by atoms with Gasteiger partial charge >= 0.3 is 0 Å². The molecule has 1 fully saturated rings. The van der Waals surface area contributed by atoms with Crippen LogP contribution in [0, 0.1) is 6.92 Å². The molecule has 1 aliphatic heterocycles. The maximum Gasteiger partial charge on any atom is 0.128 e. The maximum absolute atomic E-state index is 9.21. The molecule has 2 heterocycles. The number of aliphatic hydroxyl groups is 1. The van der Waals surface area contributed by atoms with Gasteiger partial charge in [0.2, 0.25) is 0 Å². The molecule has 104 valence electrons. The molecule has 3 rings (SSSR count). The largest absolute Gasteiger partial charge is 0.392 e. The zero-order valence-electron chi connectivity index (χ0n) is 11.8. The Morgan fingerprint density at radius 1 is 1.20 bits per heavy atom. The van der Waals surface area contributed by atoms with Crippen molar-refractivity contribution in [2.75, 3.05) is 18.0 Å². The number of hydrogen-bond acceptors (Lipinski definition) is 3. The summed E-state index contributed by atoms with van der Waals surface area (Å²) in [7, 11) is 0. The lowest BCUT2D eigenvalue weighted by atomic mass is 9.99. The van der Waals surface area contributed by atoms with Crippen molar-refractivity contribution in [3.05, 3.63) is 59.3 Å². The van der Waals surface area contributed by atoms with E-state index in [9.17, 15) is 5.11 Å². The summed E-state index contributed by atoms with van der Waals surface area (Å²) in [4.78, 5) is 6.96. The van der Waals surface area contributed by atoms with Crippen LogP contribution in [0.15, 0.2) is 42.5 Å². The fourth-order valence-electron chi connectivity index (χ4n) is 2.89. The third-order valence-corrected chi connectivity index (χ3v) is 4.13. The molecule has 1 unspecified atom stereocenters. The number of nitrogens with zero attached hydrogens (tertiary/aromatic N) is 2. The number of rotatable bonds is 3. The highest BCUT2D eigenvalue weighted by atomic mass is 16.3. The number of pyridine rings is 1. The van der Waals surface area contributed by atoms with E-state index in [2.05, 4.69) is 40.2 Å². The zero-order chi connectivity index (χ0) is 13.9. The lowest BCUT2D eigenvalue weighted by Crippen LogP contribution is -2.20. The molecule has 0 saturated carbocycles. The van der Waals surface area contributed by atoms with Crippen molar-refractivity contribution in [1.29, 1.82) is 0 Å². The molecule has 0 amide bonds. The van der Waals surface area contributed by atoms with Gasteiger partial charge in [0.25, 0.3) is 0 Å². The number of anilines is 1. The first-order valence-electron chi connectivity index (χ1n) is 7.15. The number of aryl methyl sites for hydroxylation is 1. The maximum atomic E-state index is 9.21. The third-order valence-electron chi connectivity index (χ3n) is 4.13. The van der Waals surface area contributed by atoms with Crippen molar-refractivity contribution in [1.82, 2.24) is 4.98 Å². The average molecular weight is 268 g/mol. The summed E-state index contributed by atoms with van der Waals surface area (Å²) in [5, 5.41) is 9.21. The van der Waals surface area contributed by atoms with Crippen LogP contribution in [0.3, 0.4) is 0 Å². The van der Waals surface area contributed by atoms with E-state index < -0.39 is 0 Å². The van der Waals surface area contributed by atoms with E-state index in [0.29, 0.717) is 5.92 Å². The van der Waals surface area contributed by atoms with Crippen LogP contribution in [0.5, 0.6) is 0 Å². The summed E-state index contributed by atoms with van der Waals surface area (Å²) < 4.78 is 0. The van der Waals surface area contributed by atoms with E-state index >= 15 is 0 Å². The Bertz CT molecular complexity index is 583. The zero-order valence-corrected chi connectivity index (χ0v) is 11.8. The van der Waals surface area contributed by atoms with Gasteiger partial charge < -0.3 is 10.0 Å². The number of aliphatic hydroxyl groups excluding tert-OH is 1. The van der Waals surface area contributed by atoms with Crippen LogP contribution < -0.4 is 4.90 Å². The Hall–Kier alpha value is -1.87. The first-order valence-corrected chi connectivity index (χ1v) is 7.15. The van der Waals surface area contributed by atoms with Crippen LogP contribution in [0.25, 0.3) is 0 Å². The Labute approximate surface area is 119 Å². The molecule has 2 aromatic rings. The predicted molar refractivity (Wildman–Crippen MR) is 80.9 cm³/mol. The summed E-state index contributed by atoms with van der Waals surface area (Å²) in [5.41, 5.74) is 3.25. The molecule has 3 heteroatoms. The fraction of sp³-hybridized carbons (Fsp3) is 0.353. The molecule has 1 N–H and O–H groups in total. The molecule has 0 bridgehead atoms. The van der Waals surface area contributed by atoms with Gasteiger partial charge in [-0.2, -0.15) is 0 Å². The Morgan fingerprint density at radius 3 is 2.70 bits per heavy atom. The Kier molecular flexibility index (Phi) is 3.70. The lowest BCUT2D eigenvalue weighted by molar-refractivity contribution is 0.280. The quantitative estimate of drug-likeness (QED) is 0.930. The lowest BCUT2D eigenvalue weighted by Gasteiger charge is -2.19. The first-order chi connectivity index (χ1) is 9.78. The average Bonchev–Trinajstić information content (AvgIpc) is 2.98. The second-order valence-electron chi connectivity index (χ2n) is 5.41. The Balaban J connectivity index is 1.76. The topological polar surface area (TPSA) is 36.4 Å². The minimum atomic E-state index is 0.0613. The van der Waals surface area contributed by atoms with E-state index in [1.807, 2.05) is 19.1 Å². The van der Waals surface area contributed by atoms with Gasteiger partial charge in [0.15, 0.2) is 0 Å². The fourth-order valence-corrected chi connectivity index (χ4v) is 2.89. The normalized spacial score (nSPS) is 18.5. The highest BCUT2D eigenvalue weighted by molar-refractivity contribution is 5.44. The molecule has 3 nitrogen and oxygen atoms in total. The van der Waals surface area contributed by atoms with E-state index in [0.717, 1.165) is 30.2 Å². The van der Waals surface area contributed by atoms with E-state index in [-0.39, 0.29) is 6.61 Å². The first kappa shape index (κ1) is 13.1. The monoisotopic (exact) mass is 268 g/mol. The summed E-state index contributed by atoms with van der Waals surface area (Å²) in [5.74, 6) is 1.62. The molecule has 0 aliphatic carbocycles. The van der Waals surface area contributed by atoms with Crippen LogP contribution in [-0.2, 0) is 6.61 Å². The van der Waals surface area contributed by atoms with Crippen molar-refractivity contribution < 1.29 is 5.11 Å². The molecular weight excluding hydrogens is 248 g/mol. The molecule has 1 atom stereocenters. The minimum absolute atomic E-state index is 0.0613. The number of benzene rings is 1. The van der Waals surface area contributed by atoms with Gasteiger partial charge in [-0.25, -0.2) is 4.98 Å². The number of hydrogen-bond donors (Lipinski definition) is 1. The van der Waals surface area contributed by atoms with Gasteiger partial charge in [-0.3, -0.25) is 0 Å². The summed E-state index contributed by atoms with van der Waals surface area (Å²) >= 11 is 0. The van der Waals surface area contributed by atoms with Gasteiger partial charge in [0, 0.05) is 24.7 Å². The van der Waals surface area contributed by atoms with Crippen LogP contribution in [0.4, 0.5) is 5.82 Å². The van der Waals surface area contributed by atoms with Gasteiger partial charge in [0.1, 0.15) is 5.82 Å². The van der Waals surface area contributed by atoms with Gasteiger partial charge in [0.05, 0.1) is 6.61 Å². The van der Waals surface area contributed by atoms with Crippen molar-refractivity contribution in [3.63, 3.8) is 0 Å². The van der Waals surface area contributed by atoms with Gasteiger partial charge in [-0.05, 0) is 30.5 Å². The smallest absolute Gasteiger partial charge is 0.128 e. The van der Waals surface area contributed by atoms with Crippen LogP contribution in [0.2, 0.25) is 0 Å². The van der Waals surface area contributed by atoms with Crippen LogP contribution in [-0.4, -0.2) is 23.2 Å². The van der Waals surface area contributed by atoms with E-state index in [4.69, 9.17) is 0 Å². The highest BCUT2D eigenvalue weighted by Gasteiger charge is 2.24. The molecule has 0 spiro atoms. The predicted octanol–water partition coefficient (Wildman–Crippen LogP) is 2.88. The van der Waals surface area contributed by atoms with Gasteiger partial charge in [-0.1, -0.05) is 36.4 Å². The van der Waals surface area contributed by atoms with Crippen LogP contribution in [0.1, 0.15) is 29.2 Å². The van der Waals surface area contributed by atoms with Crippen LogP contribution >= 0.6 is 0 Å². The minimum Gasteiger partial charge on any atom is -0.392 e.